The van der Waals surface area contributed by atoms with Crippen LogP contribution in [0, 0.1) is 0 Å². The van der Waals surface area contributed by atoms with Gasteiger partial charge in [-0.1, -0.05) is 52.2 Å². The Labute approximate surface area is 264 Å². The number of aromatic nitrogens is 2. The molecule has 44 heavy (non-hydrogen) atoms. The first-order valence-corrected chi connectivity index (χ1v) is 13.6. The van der Waals surface area contributed by atoms with Crippen molar-refractivity contribution in [3.63, 3.8) is 0 Å². The second-order valence-corrected chi connectivity index (χ2v) is 9.62. The van der Waals surface area contributed by atoms with Crippen molar-refractivity contribution in [2.24, 2.45) is 9.98 Å². The van der Waals surface area contributed by atoms with Gasteiger partial charge in [-0.15, -0.1) is 0 Å². The van der Waals surface area contributed by atoms with Crippen LogP contribution in [-0.2, 0) is 0 Å². The number of nitrogens with one attached hydrogen (secondary N) is 1. The molecule has 0 fully saturated rings. The Kier molecular flexibility index (Phi) is 32.2. The van der Waals surface area contributed by atoms with E-state index in [4.69, 9.17) is 0 Å². The van der Waals surface area contributed by atoms with Crippen LogP contribution in [0.15, 0.2) is 119 Å². The van der Waals surface area contributed by atoms with Crippen LogP contribution in [0.4, 0.5) is 0 Å². The second-order valence-electron chi connectivity index (χ2n) is 9.62. The summed E-state index contributed by atoms with van der Waals surface area (Å²) in [6, 6.07) is 2.84. The molecule has 0 unspecified atom stereocenters. The molecule has 0 saturated heterocycles. The summed E-state index contributed by atoms with van der Waals surface area (Å²) in [5, 5.41) is 2.92. The van der Waals surface area contributed by atoms with Gasteiger partial charge in [-0.25, -0.2) is 19.8 Å². The van der Waals surface area contributed by atoms with E-state index in [-0.39, 0.29) is 34.3 Å². The number of allylic oxidation sites excluding steroid dienone is 6. The Hall–Kier alpha value is -4.36. The summed E-state index contributed by atoms with van der Waals surface area (Å²) in [7, 11) is 0. The fraction of sp³-hybridized carbons (Fsp3) is 0.375. The van der Waals surface area contributed by atoms with Gasteiger partial charge in [0.05, 0.1) is 6.34 Å². The standard InChI is InChI=1S/C9H13N.C7H11N3.C7H10N2O.C6H7N.C3H8.H3N.3H2O/c1-8(2)10-7-5-4-6-9(10)3;1-6(2)10-5-8-4-9-7(10)3;1-6(2)9-5-3-4-8-7(9)10;1-6-4-2-3-5-7-6;1-3-2;;;;/h4-8H,3H2,1-2H3;4-6H,3H2,1-2H3;3-6H,1-2H3;2-5,7H,1H2;3H2,1-2H3;1H3;3*1H2. The quantitative estimate of drug-likeness (QED) is 0.493. The summed E-state index contributed by atoms with van der Waals surface area (Å²) in [6.45, 7) is 27.9. The molecule has 3 aliphatic rings. The molecule has 0 bridgehead atoms. The van der Waals surface area contributed by atoms with Crippen molar-refractivity contribution in [1.29, 1.82) is 0 Å². The molecule has 0 amide bonds. The minimum Gasteiger partial charge on any atom is -0.412 e. The summed E-state index contributed by atoms with van der Waals surface area (Å²) < 4.78 is 1.58. The predicted octanol–water partition coefficient (Wildman–Crippen LogP) is 4.63. The van der Waals surface area contributed by atoms with Gasteiger partial charge < -0.3 is 37.7 Å². The van der Waals surface area contributed by atoms with E-state index < -0.39 is 0 Å². The monoisotopic (exact) mass is 618 g/mol. The summed E-state index contributed by atoms with van der Waals surface area (Å²) >= 11 is 0. The summed E-state index contributed by atoms with van der Waals surface area (Å²) in [5.41, 5.74) is 1.83. The van der Waals surface area contributed by atoms with Crippen LogP contribution in [0.2, 0.25) is 0 Å². The molecule has 0 saturated carbocycles. The van der Waals surface area contributed by atoms with Crippen LogP contribution in [0.5, 0.6) is 0 Å². The van der Waals surface area contributed by atoms with Crippen molar-refractivity contribution in [3.05, 3.63) is 115 Å². The summed E-state index contributed by atoms with van der Waals surface area (Å²) in [4.78, 5) is 26.4. The van der Waals surface area contributed by atoms with Crippen LogP contribution >= 0.6 is 0 Å². The van der Waals surface area contributed by atoms with Gasteiger partial charge in [-0.3, -0.25) is 4.57 Å². The van der Waals surface area contributed by atoms with Gasteiger partial charge in [-0.2, -0.15) is 0 Å². The van der Waals surface area contributed by atoms with Gasteiger partial charge in [-0.05, 0) is 71.9 Å². The molecular weight excluding hydrogens is 560 g/mol. The zero-order valence-corrected chi connectivity index (χ0v) is 27.9. The minimum atomic E-state index is -0.183. The zero-order valence-electron chi connectivity index (χ0n) is 27.9. The van der Waals surface area contributed by atoms with Crippen LogP contribution < -0.4 is 17.2 Å². The first-order chi connectivity index (χ1) is 19.0. The maximum absolute atomic E-state index is 10.9. The third-order valence-electron chi connectivity index (χ3n) is 4.92. The van der Waals surface area contributed by atoms with E-state index in [2.05, 4.69) is 86.5 Å². The molecule has 12 nitrogen and oxygen atoms in total. The van der Waals surface area contributed by atoms with Gasteiger partial charge >= 0.3 is 5.69 Å². The van der Waals surface area contributed by atoms with E-state index in [0.29, 0.717) is 12.1 Å². The number of aliphatic imine (C=N–C) groups is 2. The highest BCUT2D eigenvalue weighted by Crippen LogP contribution is 2.13. The van der Waals surface area contributed by atoms with E-state index in [1.165, 1.54) is 19.0 Å². The largest absolute Gasteiger partial charge is 0.412 e. The molecule has 12 heteroatoms. The lowest BCUT2D eigenvalue weighted by molar-refractivity contribution is 0.394. The highest BCUT2D eigenvalue weighted by atomic mass is 16.1. The van der Waals surface area contributed by atoms with Crippen molar-refractivity contribution < 1.29 is 16.4 Å². The smallest absolute Gasteiger partial charge is 0.347 e. The lowest BCUT2D eigenvalue weighted by Crippen LogP contribution is -2.29. The number of rotatable bonds is 3. The molecule has 0 radical (unpaired) electrons. The van der Waals surface area contributed by atoms with E-state index in [9.17, 15) is 4.79 Å². The van der Waals surface area contributed by atoms with Crippen molar-refractivity contribution in [1.82, 2.24) is 30.8 Å². The zero-order chi connectivity index (χ0) is 30.5. The first kappa shape index (κ1) is 49.3. The van der Waals surface area contributed by atoms with E-state index in [0.717, 1.165) is 17.2 Å². The molecule has 10 N–H and O–H groups in total. The molecular formula is C32H58N8O4. The average molecular weight is 619 g/mol. The van der Waals surface area contributed by atoms with Gasteiger partial charge in [0.15, 0.2) is 0 Å². The van der Waals surface area contributed by atoms with E-state index in [1.807, 2.05) is 67.6 Å². The number of hydrogen-bond acceptors (Lipinski definition) is 8. The van der Waals surface area contributed by atoms with Crippen molar-refractivity contribution in [3.8, 4) is 0 Å². The SMILES string of the molecule is C=C1C=CC=CN1.C=C1C=CC=CN1C(C)C.C=C1N=CN=CN1C(C)C.CC(C)n1cccnc1=O.CCC.N.O.O.O. The summed E-state index contributed by atoms with van der Waals surface area (Å²) in [5.74, 6) is 0.755. The Balaban J connectivity index is -0.000000146. The topological polar surface area (TPSA) is 208 Å². The van der Waals surface area contributed by atoms with Crippen molar-refractivity contribution in [2.45, 2.75) is 79.9 Å². The summed E-state index contributed by atoms with van der Waals surface area (Å²) in [6.07, 6.45) is 23.4. The Morgan fingerprint density at radius 1 is 0.841 bits per heavy atom. The molecule has 0 aromatic carbocycles. The van der Waals surface area contributed by atoms with Gasteiger partial charge in [0, 0.05) is 54.3 Å². The fourth-order valence-corrected chi connectivity index (χ4v) is 2.95. The maximum atomic E-state index is 10.9. The first-order valence-electron chi connectivity index (χ1n) is 13.6. The lowest BCUT2D eigenvalue weighted by atomic mass is 10.2. The third kappa shape index (κ3) is 21.4. The highest BCUT2D eigenvalue weighted by Gasteiger charge is 2.09. The molecule has 0 atom stereocenters. The third-order valence-corrected chi connectivity index (χ3v) is 4.92. The normalized spacial score (nSPS) is 13.2. The number of dihydropyridines is 1. The molecule has 0 aliphatic carbocycles. The van der Waals surface area contributed by atoms with Crippen LogP contribution in [0.1, 0.15) is 67.9 Å². The van der Waals surface area contributed by atoms with Crippen LogP contribution in [-0.4, -0.2) is 60.5 Å². The van der Waals surface area contributed by atoms with Crippen molar-refractivity contribution >= 4 is 12.7 Å². The number of nitrogens with zero attached hydrogens (tertiary/aromatic N) is 6. The molecule has 3 aliphatic heterocycles. The highest BCUT2D eigenvalue weighted by molar-refractivity contribution is 5.75. The fourth-order valence-electron chi connectivity index (χ4n) is 2.95. The maximum Gasteiger partial charge on any atom is 0.347 e. The van der Waals surface area contributed by atoms with Crippen molar-refractivity contribution in [2.75, 3.05) is 0 Å². The Morgan fingerprint density at radius 2 is 1.41 bits per heavy atom. The number of hydrogen-bond donors (Lipinski definition) is 2. The van der Waals surface area contributed by atoms with Crippen LogP contribution in [0.25, 0.3) is 0 Å². The van der Waals surface area contributed by atoms with Gasteiger partial charge in [0.2, 0.25) is 0 Å². The molecule has 1 aromatic rings. The lowest BCUT2D eigenvalue weighted by Gasteiger charge is -2.26. The molecule has 4 rings (SSSR count). The van der Waals surface area contributed by atoms with Gasteiger partial charge in [0.1, 0.15) is 12.2 Å². The van der Waals surface area contributed by atoms with E-state index in [1.54, 1.807) is 23.2 Å². The minimum absolute atomic E-state index is 0. The molecule has 4 heterocycles. The average Bonchev–Trinajstić information content (AvgIpc) is 2.91. The second kappa shape index (κ2) is 28.7. The van der Waals surface area contributed by atoms with Gasteiger partial charge in [0.25, 0.3) is 0 Å². The Morgan fingerprint density at radius 3 is 1.73 bits per heavy atom. The Bertz CT molecular complexity index is 1120. The molecule has 250 valence electrons. The molecule has 1 aromatic heterocycles. The van der Waals surface area contributed by atoms with E-state index >= 15 is 0 Å². The predicted molar refractivity (Wildman–Crippen MR) is 189 cm³/mol. The van der Waals surface area contributed by atoms with Crippen LogP contribution in [0.3, 0.4) is 0 Å². The molecule has 0 spiro atoms.